The minimum atomic E-state index is -0.114. The van der Waals surface area contributed by atoms with Crippen LogP contribution in [0.25, 0.3) is 0 Å². The Kier molecular flexibility index (Phi) is 3.36. The number of fused-ring (bicyclic) bond motifs is 1. The first kappa shape index (κ1) is 11.3. The van der Waals surface area contributed by atoms with Gasteiger partial charge in [-0.1, -0.05) is 6.07 Å². The molecule has 0 fully saturated rings. The van der Waals surface area contributed by atoms with Crippen LogP contribution < -0.4 is 15.4 Å². The average molecular weight is 238 g/mol. The van der Waals surface area contributed by atoms with E-state index in [1.807, 2.05) is 25.2 Å². The van der Waals surface area contributed by atoms with Gasteiger partial charge in [0.25, 0.3) is 5.91 Å². The summed E-state index contributed by atoms with van der Waals surface area (Å²) in [5.41, 5.74) is 1.82. The van der Waals surface area contributed by atoms with Crippen molar-refractivity contribution in [1.82, 2.24) is 5.32 Å². The summed E-state index contributed by atoms with van der Waals surface area (Å²) in [5, 5.41) is 5.94. The Morgan fingerprint density at radius 3 is 3.12 bits per heavy atom. The molecule has 1 aromatic carbocycles. The maximum Gasteiger partial charge on any atom is 0.262 e. The number of ether oxygens (including phenoxy) is 1. The molecule has 1 heterocycles. The highest BCUT2D eigenvalue weighted by Gasteiger charge is 2.17. The molecule has 5 heteroatoms. The predicted molar refractivity (Wildman–Crippen MR) is 66.2 cm³/mol. The van der Waals surface area contributed by atoms with Crippen LogP contribution in [-0.2, 0) is 4.79 Å². The van der Waals surface area contributed by atoms with Crippen LogP contribution in [0.1, 0.15) is 11.6 Å². The molecule has 1 aliphatic rings. The summed E-state index contributed by atoms with van der Waals surface area (Å²) in [5.74, 6) is 1.30. The van der Waals surface area contributed by atoms with Crippen molar-refractivity contribution in [3.8, 4) is 5.75 Å². The third kappa shape index (κ3) is 2.15. The number of anilines is 1. The summed E-state index contributed by atoms with van der Waals surface area (Å²) >= 11 is 4.27. The molecule has 1 atom stereocenters. The van der Waals surface area contributed by atoms with E-state index < -0.39 is 0 Å². The Labute approximate surface area is 99.8 Å². The van der Waals surface area contributed by atoms with Crippen molar-refractivity contribution in [2.75, 3.05) is 24.7 Å². The minimum Gasteiger partial charge on any atom is -0.482 e. The Morgan fingerprint density at radius 1 is 1.62 bits per heavy atom. The fraction of sp³-hybridized carbons (Fsp3) is 0.364. The number of carbonyl (C=O) groups excluding carboxylic acids is 1. The number of amides is 1. The van der Waals surface area contributed by atoms with Gasteiger partial charge in [0.05, 0.1) is 5.69 Å². The van der Waals surface area contributed by atoms with E-state index in [1.54, 1.807) is 0 Å². The van der Waals surface area contributed by atoms with E-state index in [1.165, 1.54) is 0 Å². The predicted octanol–water partition coefficient (Wildman–Crippen LogP) is 1.21. The van der Waals surface area contributed by atoms with Gasteiger partial charge < -0.3 is 15.4 Å². The SMILES string of the molecule is CNC(CS)c1ccc2c(c1)NC(=O)CO2. The van der Waals surface area contributed by atoms with E-state index in [4.69, 9.17) is 4.74 Å². The highest BCUT2D eigenvalue weighted by atomic mass is 32.1. The highest BCUT2D eigenvalue weighted by Crippen LogP contribution is 2.30. The molecule has 0 saturated carbocycles. The molecule has 0 aliphatic carbocycles. The van der Waals surface area contributed by atoms with Gasteiger partial charge in [0.2, 0.25) is 0 Å². The molecule has 1 aliphatic heterocycles. The van der Waals surface area contributed by atoms with Gasteiger partial charge in [-0.25, -0.2) is 0 Å². The summed E-state index contributed by atoms with van der Waals surface area (Å²) in [6, 6.07) is 5.95. The molecule has 0 radical (unpaired) electrons. The molecule has 2 N–H and O–H groups in total. The van der Waals surface area contributed by atoms with Crippen LogP contribution >= 0.6 is 12.6 Å². The lowest BCUT2D eigenvalue weighted by Gasteiger charge is -2.21. The lowest BCUT2D eigenvalue weighted by Crippen LogP contribution is -2.26. The van der Waals surface area contributed by atoms with Crippen LogP contribution in [0, 0.1) is 0 Å². The molecule has 86 valence electrons. The minimum absolute atomic E-state index is 0.0916. The van der Waals surface area contributed by atoms with Gasteiger partial charge in [0.1, 0.15) is 5.75 Å². The number of hydrogen-bond donors (Lipinski definition) is 3. The van der Waals surface area contributed by atoms with Crippen molar-refractivity contribution < 1.29 is 9.53 Å². The zero-order chi connectivity index (χ0) is 11.5. The lowest BCUT2D eigenvalue weighted by atomic mass is 10.1. The second-order valence-corrected chi connectivity index (χ2v) is 3.98. The highest BCUT2D eigenvalue weighted by molar-refractivity contribution is 7.80. The monoisotopic (exact) mass is 238 g/mol. The van der Waals surface area contributed by atoms with Gasteiger partial charge in [-0.3, -0.25) is 4.79 Å². The van der Waals surface area contributed by atoms with Gasteiger partial charge in [-0.05, 0) is 24.7 Å². The first-order valence-electron chi connectivity index (χ1n) is 5.09. The number of carbonyl (C=O) groups is 1. The molecule has 1 aromatic rings. The second-order valence-electron chi connectivity index (χ2n) is 3.62. The zero-order valence-electron chi connectivity index (χ0n) is 8.99. The van der Waals surface area contributed by atoms with E-state index in [2.05, 4.69) is 23.3 Å². The molecule has 4 nitrogen and oxygen atoms in total. The molecule has 16 heavy (non-hydrogen) atoms. The quantitative estimate of drug-likeness (QED) is 0.694. The fourth-order valence-corrected chi connectivity index (χ4v) is 2.07. The van der Waals surface area contributed by atoms with Crippen molar-refractivity contribution in [2.45, 2.75) is 6.04 Å². The van der Waals surface area contributed by atoms with Crippen molar-refractivity contribution in [2.24, 2.45) is 0 Å². The topological polar surface area (TPSA) is 50.4 Å². The third-order valence-corrected chi connectivity index (χ3v) is 2.94. The molecule has 2 rings (SSSR count). The first-order chi connectivity index (χ1) is 7.74. The van der Waals surface area contributed by atoms with Crippen LogP contribution in [0.2, 0.25) is 0 Å². The fourth-order valence-electron chi connectivity index (χ4n) is 1.68. The van der Waals surface area contributed by atoms with Gasteiger partial charge in [0, 0.05) is 11.8 Å². The van der Waals surface area contributed by atoms with Crippen molar-refractivity contribution >= 4 is 24.2 Å². The van der Waals surface area contributed by atoms with Crippen molar-refractivity contribution in [3.05, 3.63) is 23.8 Å². The molecular formula is C11H14N2O2S. The smallest absolute Gasteiger partial charge is 0.262 e. The summed E-state index contributed by atoms with van der Waals surface area (Å²) in [4.78, 5) is 11.2. The Bertz CT molecular complexity index is 405. The largest absolute Gasteiger partial charge is 0.482 e. The van der Waals surface area contributed by atoms with Gasteiger partial charge in [0.15, 0.2) is 6.61 Å². The van der Waals surface area contributed by atoms with Crippen molar-refractivity contribution in [1.29, 1.82) is 0 Å². The summed E-state index contributed by atoms with van der Waals surface area (Å²) in [6.45, 7) is 0.0916. The Morgan fingerprint density at radius 2 is 2.44 bits per heavy atom. The maximum absolute atomic E-state index is 11.2. The van der Waals surface area contributed by atoms with Crippen LogP contribution in [0.3, 0.4) is 0 Å². The number of thiol groups is 1. The number of rotatable bonds is 3. The van der Waals surface area contributed by atoms with E-state index in [0.29, 0.717) is 5.75 Å². The number of hydrogen-bond acceptors (Lipinski definition) is 4. The lowest BCUT2D eigenvalue weighted by molar-refractivity contribution is -0.118. The Hall–Kier alpha value is -1.20. The molecular weight excluding hydrogens is 224 g/mol. The van der Waals surface area contributed by atoms with E-state index in [0.717, 1.165) is 17.0 Å². The van der Waals surface area contributed by atoms with E-state index in [-0.39, 0.29) is 18.6 Å². The summed E-state index contributed by atoms with van der Waals surface area (Å²) in [6.07, 6.45) is 0. The molecule has 0 spiro atoms. The van der Waals surface area contributed by atoms with Crippen LogP contribution in [0.15, 0.2) is 18.2 Å². The first-order valence-corrected chi connectivity index (χ1v) is 5.72. The number of benzene rings is 1. The molecule has 1 amide bonds. The zero-order valence-corrected chi connectivity index (χ0v) is 9.88. The van der Waals surface area contributed by atoms with Crippen LogP contribution in [-0.4, -0.2) is 25.3 Å². The van der Waals surface area contributed by atoms with E-state index in [9.17, 15) is 4.79 Å². The van der Waals surface area contributed by atoms with Gasteiger partial charge in [-0.2, -0.15) is 12.6 Å². The normalized spacial score (nSPS) is 16.0. The number of nitrogens with one attached hydrogen (secondary N) is 2. The van der Waals surface area contributed by atoms with E-state index >= 15 is 0 Å². The maximum atomic E-state index is 11.2. The molecule has 1 unspecified atom stereocenters. The van der Waals surface area contributed by atoms with Crippen LogP contribution in [0.5, 0.6) is 5.75 Å². The standard InChI is InChI=1S/C11H14N2O2S/c1-12-9(6-16)7-2-3-10-8(4-7)13-11(14)5-15-10/h2-4,9,12,16H,5-6H2,1H3,(H,13,14). The molecule has 0 bridgehead atoms. The average Bonchev–Trinajstić information content (AvgIpc) is 2.30. The summed E-state index contributed by atoms with van der Waals surface area (Å²) in [7, 11) is 1.88. The van der Waals surface area contributed by atoms with Gasteiger partial charge >= 0.3 is 0 Å². The van der Waals surface area contributed by atoms with Gasteiger partial charge in [-0.15, -0.1) is 0 Å². The molecule has 0 saturated heterocycles. The third-order valence-electron chi connectivity index (χ3n) is 2.57. The Balaban J connectivity index is 2.30. The van der Waals surface area contributed by atoms with Crippen LogP contribution in [0.4, 0.5) is 5.69 Å². The summed E-state index contributed by atoms with van der Waals surface area (Å²) < 4.78 is 5.29. The molecule has 0 aromatic heterocycles. The van der Waals surface area contributed by atoms with Crippen molar-refractivity contribution in [3.63, 3.8) is 0 Å². The second kappa shape index (κ2) is 4.76.